The van der Waals surface area contributed by atoms with Crippen LogP contribution in [0.4, 0.5) is 0 Å². The summed E-state index contributed by atoms with van der Waals surface area (Å²) in [6.45, 7) is 6.34. The first-order valence-electron chi connectivity index (χ1n) is 6.23. The third-order valence-corrected chi connectivity index (χ3v) is 2.72. The molecule has 0 saturated carbocycles. The average Bonchev–Trinajstić information content (AvgIpc) is 2.34. The highest BCUT2D eigenvalue weighted by Gasteiger charge is 1.93. The molecule has 0 aliphatic rings. The molecule has 90 valence electrons. The maximum Gasteiger partial charge on any atom is -0.0241 e. The van der Waals surface area contributed by atoms with Crippen molar-refractivity contribution in [1.29, 1.82) is 0 Å². The first-order valence-corrected chi connectivity index (χ1v) is 6.23. The summed E-state index contributed by atoms with van der Waals surface area (Å²) in [7, 11) is 0. The minimum atomic E-state index is 1.13. The lowest BCUT2D eigenvalue weighted by molar-refractivity contribution is 0.940. The molecule has 0 heteroatoms. The average molecular weight is 226 g/mol. The maximum atomic E-state index is 2.22. The lowest BCUT2D eigenvalue weighted by atomic mass is 10.0. The van der Waals surface area contributed by atoms with Gasteiger partial charge in [-0.2, -0.15) is 0 Å². The molecule has 0 bridgehead atoms. The molecular weight excluding hydrogens is 204 g/mol. The number of rotatable bonds is 5. The summed E-state index contributed by atoms with van der Waals surface area (Å²) < 4.78 is 0. The molecule has 0 aromatic heterocycles. The molecular formula is C17H22. The molecule has 0 saturated heterocycles. The van der Waals surface area contributed by atoms with Gasteiger partial charge in [0.15, 0.2) is 0 Å². The maximum absolute atomic E-state index is 2.22. The molecule has 0 heterocycles. The van der Waals surface area contributed by atoms with Crippen LogP contribution in [0.5, 0.6) is 0 Å². The zero-order chi connectivity index (χ0) is 12.5. The monoisotopic (exact) mass is 226 g/mol. The van der Waals surface area contributed by atoms with Crippen molar-refractivity contribution >= 4 is 0 Å². The molecule has 0 aliphatic carbocycles. The van der Waals surface area contributed by atoms with Gasteiger partial charge in [0, 0.05) is 0 Å². The zero-order valence-electron chi connectivity index (χ0n) is 11.1. The van der Waals surface area contributed by atoms with Crippen molar-refractivity contribution in [2.24, 2.45) is 0 Å². The van der Waals surface area contributed by atoms with E-state index >= 15 is 0 Å². The third kappa shape index (κ3) is 5.91. The largest absolute Gasteiger partial charge is 0.0877 e. The standard InChI is InChI=1S/C17H22/c1-4-5-6-7-8-15(2)9-12-17-13-10-16(3)11-14-17/h4-8,10-11,13-14H,9,12H2,1-3H3/b5-4-,7-6-,15-8+. The Balaban J connectivity index is 2.42. The molecule has 1 aromatic carbocycles. The second-order valence-electron chi connectivity index (χ2n) is 4.41. The van der Waals surface area contributed by atoms with Gasteiger partial charge in [0.2, 0.25) is 0 Å². The van der Waals surface area contributed by atoms with Crippen molar-refractivity contribution in [3.63, 3.8) is 0 Å². The van der Waals surface area contributed by atoms with Crippen LogP contribution in [0.2, 0.25) is 0 Å². The van der Waals surface area contributed by atoms with Gasteiger partial charge in [0.25, 0.3) is 0 Å². The van der Waals surface area contributed by atoms with Crippen LogP contribution in [0.15, 0.2) is 60.2 Å². The second kappa shape index (κ2) is 7.67. The van der Waals surface area contributed by atoms with Crippen LogP contribution >= 0.6 is 0 Å². The van der Waals surface area contributed by atoms with Gasteiger partial charge < -0.3 is 0 Å². The Morgan fingerprint density at radius 1 is 1.06 bits per heavy atom. The molecule has 1 rings (SSSR count). The normalized spacial score (nSPS) is 12.8. The molecule has 0 fully saturated rings. The summed E-state index contributed by atoms with van der Waals surface area (Å²) in [4.78, 5) is 0. The highest BCUT2D eigenvalue weighted by Crippen LogP contribution is 2.10. The summed E-state index contributed by atoms with van der Waals surface area (Å²) in [5.41, 5.74) is 4.17. The van der Waals surface area contributed by atoms with Crippen LogP contribution < -0.4 is 0 Å². The molecule has 0 nitrogen and oxygen atoms in total. The summed E-state index contributed by atoms with van der Waals surface area (Å²) in [6.07, 6.45) is 12.7. The molecule has 0 aliphatic heterocycles. The summed E-state index contributed by atoms with van der Waals surface area (Å²) in [5, 5.41) is 0. The van der Waals surface area contributed by atoms with Gasteiger partial charge in [-0.25, -0.2) is 0 Å². The smallest absolute Gasteiger partial charge is 0.0241 e. The Hall–Kier alpha value is -1.56. The van der Waals surface area contributed by atoms with E-state index in [-0.39, 0.29) is 0 Å². The summed E-state index contributed by atoms with van der Waals surface area (Å²) in [5.74, 6) is 0. The lowest BCUT2D eigenvalue weighted by Gasteiger charge is -2.02. The minimum Gasteiger partial charge on any atom is -0.0877 e. The molecule has 0 unspecified atom stereocenters. The van der Waals surface area contributed by atoms with E-state index in [0.29, 0.717) is 0 Å². The van der Waals surface area contributed by atoms with Gasteiger partial charge in [-0.05, 0) is 39.2 Å². The predicted octanol–water partition coefficient (Wildman–Crippen LogP) is 5.01. The van der Waals surface area contributed by atoms with E-state index in [4.69, 9.17) is 0 Å². The van der Waals surface area contributed by atoms with Crippen molar-refractivity contribution < 1.29 is 0 Å². The van der Waals surface area contributed by atoms with Crippen LogP contribution in [-0.2, 0) is 6.42 Å². The Morgan fingerprint density at radius 3 is 2.41 bits per heavy atom. The van der Waals surface area contributed by atoms with Crippen molar-refractivity contribution in [1.82, 2.24) is 0 Å². The fourth-order valence-corrected chi connectivity index (χ4v) is 1.57. The fraction of sp³-hybridized carbons (Fsp3) is 0.294. The van der Waals surface area contributed by atoms with E-state index in [1.54, 1.807) is 0 Å². The molecule has 0 amide bonds. The van der Waals surface area contributed by atoms with Gasteiger partial charge in [-0.1, -0.05) is 65.8 Å². The van der Waals surface area contributed by atoms with Crippen molar-refractivity contribution in [3.05, 3.63) is 71.3 Å². The van der Waals surface area contributed by atoms with Crippen molar-refractivity contribution in [2.75, 3.05) is 0 Å². The van der Waals surface area contributed by atoms with Gasteiger partial charge in [0.1, 0.15) is 0 Å². The van der Waals surface area contributed by atoms with Crippen LogP contribution in [0.1, 0.15) is 31.4 Å². The minimum absolute atomic E-state index is 1.13. The number of aryl methyl sites for hydroxylation is 2. The van der Waals surface area contributed by atoms with Crippen molar-refractivity contribution in [3.8, 4) is 0 Å². The Labute approximate surface area is 105 Å². The zero-order valence-corrected chi connectivity index (χ0v) is 11.1. The first kappa shape index (κ1) is 13.5. The fourth-order valence-electron chi connectivity index (χ4n) is 1.57. The quantitative estimate of drug-likeness (QED) is 0.619. The summed E-state index contributed by atoms with van der Waals surface area (Å²) >= 11 is 0. The first-order chi connectivity index (χ1) is 8.22. The molecule has 17 heavy (non-hydrogen) atoms. The molecule has 0 atom stereocenters. The van der Waals surface area contributed by atoms with E-state index in [0.717, 1.165) is 12.8 Å². The van der Waals surface area contributed by atoms with Crippen LogP contribution in [-0.4, -0.2) is 0 Å². The van der Waals surface area contributed by atoms with E-state index in [2.05, 4.69) is 56.3 Å². The van der Waals surface area contributed by atoms with Gasteiger partial charge >= 0.3 is 0 Å². The Bertz CT molecular complexity index is 402. The molecule has 1 aromatic rings. The Morgan fingerprint density at radius 2 is 1.76 bits per heavy atom. The number of hydrogen-bond acceptors (Lipinski definition) is 0. The molecule has 0 N–H and O–H groups in total. The van der Waals surface area contributed by atoms with E-state index < -0.39 is 0 Å². The topological polar surface area (TPSA) is 0 Å². The number of allylic oxidation sites excluding steroid dienone is 6. The SMILES string of the molecule is C\C=C/C=C\C=C(/C)CCc1ccc(C)cc1. The van der Waals surface area contributed by atoms with E-state index in [1.807, 2.05) is 19.1 Å². The predicted molar refractivity (Wildman–Crippen MR) is 77.2 cm³/mol. The molecule has 0 spiro atoms. The van der Waals surface area contributed by atoms with E-state index in [9.17, 15) is 0 Å². The third-order valence-electron chi connectivity index (χ3n) is 2.72. The lowest BCUT2D eigenvalue weighted by Crippen LogP contribution is -1.86. The van der Waals surface area contributed by atoms with Gasteiger partial charge in [-0.15, -0.1) is 0 Å². The van der Waals surface area contributed by atoms with Crippen LogP contribution in [0.3, 0.4) is 0 Å². The van der Waals surface area contributed by atoms with Gasteiger partial charge in [-0.3, -0.25) is 0 Å². The van der Waals surface area contributed by atoms with Crippen LogP contribution in [0.25, 0.3) is 0 Å². The number of benzene rings is 1. The van der Waals surface area contributed by atoms with E-state index in [1.165, 1.54) is 16.7 Å². The highest BCUT2D eigenvalue weighted by atomic mass is 14.0. The van der Waals surface area contributed by atoms with Crippen molar-refractivity contribution in [2.45, 2.75) is 33.6 Å². The highest BCUT2D eigenvalue weighted by molar-refractivity contribution is 5.23. The second-order valence-corrected chi connectivity index (χ2v) is 4.41. The van der Waals surface area contributed by atoms with Crippen LogP contribution in [0, 0.1) is 6.92 Å². The Kier molecular flexibility index (Phi) is 6.09. The number of hydrogen-bond donors (Lipinski definition) is 0. The molecule has 0 radical (unpaired) electrons. The summed E-state index contributed by atoms with van der Waals surface area (Å²) in [6, 6.07) is 8.80. The van der Waals surface area contributed by atoms with Gasteiger partial charge in [0.05, 0.1) is 0 Å².